The molecule has 0 bridgehead atoms. The van der Waals surface area contributed by atoms with Crippen molar-refractivity contribution < 1.29 is 0 Å². The van der Waals surface area contributed by atoms with Crippen LogP contribution in [0.5, 0.6) is 0 Å². The van der Waals surface area contributed by atoms with E-state index >= 15 is 0 Å². The normalized spacial score (nSPS) is 15.5. The molecule has 1 fully saturated rings. The molecule has 3 heterocycles. The molecule has 2 aromatic heterocycles. The van der Waals surface area contributed by atoms with Gasteiger partial charge in [0.15, 0.2) is 5.82 Å². The van der Waals surface area contributed by atoms with Crippen LogP contribution in [-0.4, -0.2) is 41.1 Å². The second-order valence-corrected chi connectivity index (χ2v) is 5.72. The molecule has 0 radical (unpaired) electrons. The van der Waals surface area contributed by atoms with Crippen molar-refractivity contribution in [1.29, 1.82) is 0 Å². The van der Waals surface area contributed by atoms with Crippen molar-refractivity contribution in [3.05, 3.63) is 48.4 Å². The summed E-state index contributed by atoms with van der Waals surface area (Å²) >= 11 is 0. The van der Waals surface area contributed by atoms with Crippen molar-refractivity contribution in [2.24, 2.45) is 0 Å². The predicted octanol–water partition coefficient (Wildman–Crippen LogP) is 2.59. The SMILES string of the molecule is Cc1cc2ncnc(N3CCN(c4ccccc4)CC3)c2[nH]1. The first kappa shape index (κ1) is 13.1. The molecular weight excluding hydrogens is 274 g/mol. The fraction of sp³-hybridized carbons (Fsp3) is 0.294. The average molecular weight is 293 g/mol. The molecule has 0 aliphatic carbocycles. The smallest absolute Gasteiger partial charge is 0.156 e. The Morgan fingerprint density at radius 2 is 1.68 bits per heavy atom. The summed E-state index contributed by atoms with van der Waals surface area (Å²) in [6, 6.07) is 12.7. The summed E-state index contributed by atoms with van der Waals surface area (Å²) in [6.07, 6.45) is 1.66. The van der Waals surface area contributed by atoms with Gasteiger partial charge in [0.05, 0.1) is 5.52 Å². The molecule has 1 N–H and O–H groups in total. The number of fused-ring (bicyclic) bond motifs is 1. The van der Waals surface area contributed by atoms with E-state index in [1.807, 2.05) is 0 Å². The quantitative estimate of drug-likeness (QED) is 0.789. The molecule has 5 heteroatoms. The summed E-state index contributed by atoms with van der Waals surface area (Å²) in [4.78, 5) is 17.0. The number of piperazine rings is 1. The van der Waals surface area contributed by atoms with Crippen molar-refractivity contribution in [3.8, 4) is 0 Å². The molecule has 0 amide bonds. The number of para-hydroxylation sites is 1. The molecule has 1 aliphatic heterocycles. The molecule has 4 rings (SSSR count). The van der Waals surface area contributed by atoms with Gasteiger partial charge in [-0.15, -0.1) is 0 Å². The van der Waals surface area contributed by atoms with E-state index in [0.717, 1.165) is 48.7 Å². The van der Waals surface area contributed by atoms with Crippen LogP contribution in [0.3, 0.4) is 0 Å². The van der Waals surface area contributed by atoms with Gasteiger partial charge in [-0.05, 0) is 25.1 Å². The van der Waals surface area contributed by atoms with E-state index in [0.29, 0.717) is 0 Å². The van der Waals surface area contributed by atoms with Crippen LogP contribution in [0.4, 0.5) is 11.5 Å². The largest absolute Gasteiger partial charge is 0.368 e. The lowest BCUT2D eigenvalue weighted by atomic mass is 10.2. The highest BCUT2D eigenvalue weighted by Crippen LogP contribution is 2.25. The van der Waals surface area contributed by atoms with E-state index in [-0.39, 0.29) is 0 Å². The van der Waals surface area contributed by atoms with Crippen molar-refractivity contribution in [2.75, 3.05) is 36.0 Å². The first-order chi connectivity index (χ1) is 10.8. The molecule has 0 spiro atoms. The number of rotatable bonds is 2. The Hall–Kier alpha value is -2.56. The number of aryl methyl sites for hydroxylation is 1. The Bertz CT molecular complexity index is 772. The van der Waals surface area contributed by atoms with Crippen molar-refractivity contribution in [2.45, 2.75) is 6.92 Å². The second kappa shape index (κ2) is 5.33. The van der Waals surface area contributed by atoms with Crippen LogP contribution in [0, 0.1) is 6.92 Å². The van der Waals surface area contributed by atoms with Gasteiger partial charge in [0.1, 0.15) is 11.8 Å². The maximum Gasteiger partial charge on any atom is 0.156 e. The Morgan fingerprint density at radius 3 is 2.45 bits per heavy atom. The summed E-state index contributed by atoms with van der Waals surface area (Å²) in [5, 5.41) is 0. The minimum Gasteiger partial charge on any atom is -0.368 e. The molecule has 5 nitrogen and oxygen atoms in total. The van der Waals surface area contributed by atoms with E-state index in [4.69, 9.17) is 0 Å². The number of anilines is 2. The molecule has 112 valence electrons. The third kappa shape index (κ3) is 2.28. The van der Waals surface area contributed by atoms with Gasteiger partial charge in [0.25, 0.3) is 0 Å². The fourth-order valence-electron chi connectivity index (χ4n) is 3.11. The van der Waals surface area contributed by atoms with Crippen LogP contribution in [0.25, 0.3) is 11.0 Å². The summed E-state index contributed by atoms with van der Waals surface area (Å²) < 4.78 is 0. The van der Waals surface area contributed by atoms with Crippen LogP contribution in [0.1, 0.15) is 5.69 Å². The molecule has 3 aromatic rings. The van der Waals surface area contributed by atoms with Gasteiger partial charge in [-0.25, -0.2) is 9.97 Å². The standard InChI is InChI=1S/C17H19N5/c1-13-11-15-16(20-13)17(19-12-18-15)22-9-7-21(8-10-22)14-5-3-2-4-6-14/h2-6,11-12,20H,7-10H2,1H3. The van der Waals surface area contributed by atoms with Gasteiger partial charge in [-0.3, -0.25) is 0 Å². The first-order valence-electron chi connectivity index (χ1n) is 7.66. The number of hydrogen-bond donors (Lipinski definition) is 1. The summed E-state index contributed by atoms with van der Waals surface area (Å²) in [7, 11) is 0. The van der Waals surface area contributed by atoms with E-state index in [1.165, 1.54) is 5.69 Å². The number of H-pyrrole nitrogens is 1. The van der Waals surface area contributed by atoms with Crippen molar-refractivity contribution in [3.63, 3.8) is 0 Å². The van der Waals surface area contributed by atoms with Gasteiger partial charge in [-0.2, -0.15) is 0 Å². The zero-order chi connectivity index (χ0) is 14.9. The molecular formula is C17H19N5. The predicted molar refractivity (Wildman–Crippen MR) is 89.5 cm³/mol. The van der Waals surface area contributed by atoms with Gasteiger partial charge in [0, 0.05) is 37.6 Å². The Labute approximate surface area is 129 Å². The number of aromatic nitrogens is 3. The van der Waals surface area contributed by atoms with Crippen LogP contribution in [0.2, 0.25) is 0 Å². The van der Waals surface area contributed by atoms with E-state index < -0.39 is 0 Å². The molecule has 0 unspecified atom stereocenters. The Morgan fingerprint density at radius 1 is 0.955 bits per heavy atom. The monoisotopic (exact) mass is 293 g/mol. The van der Waals surface area contributed by atoms with Crippen LogP contribution >= 0.6 is 0 Å². The first-order valence-corrected chi connectivity index (χ1v) is 7.66. The van der Waals surface area contributed by atoms with Crippen LogP contribution < -0.4 is 9.80 Å². The Kier molecular flexibility index (Phi) is 3.18. The lowest BCUT2D eigenvalue weighted by Crippen LogP contribution is -2.46. The maximum absolute atomic E-state index is 4.51. The molecule has 1 aromatic carbocycles. The number of benzene rings is 1. The highest BCUT2D eigenvalue weighted by atomic mass is 15.3. The second-order valence-electron chi connectivity index (χ2n) is 5.72. The zero-order valence-electron chi connectivity index (χ0n) is 12.7. The highest BCUT2D eigenvalue weighted by molar-refractivity contribution is 5.86. The van der Waals surface area contributed by atoms with E-state index in [9.17, 15) is 0 Å². The Balaban J connectivity index is 1.56. The van der Waals surface area contributed by atoms with Crippen molar-refractivity contribution >= 4 is 22.5 Å². The molecule has 0 atom stereocenters. The van der Waals surface area contributed by atoms with Gasteiger partial charge < -0.3 is 14.8 Å². The molecule has 22 heavy (non-hydrogen) atoms. The lowest BCUT2D eigenvalue weighted by Gasteiger charge is -2.36. The topological polar surface area (TPSA) is 48.1 Å². The minimum absolute atomic E-state index is 0.971. The minimum atomic E-state index is 0.971. The highest BCUT2D eigenvalue weighted by Gasteiger charge is 2.20. The van der Waals surface area contributed by atoms with Crippen LogP contribution in [0.15, 0.2) is 42.7 Å². The molecule has 1 saturated heterocycles. The van der Waals surface area contributed by atoms with Gasteiger partial charge >= 0.3 is 0 Å². The number of nitrogens with zero attached hydrogens (tertiary/aromatic N) is 4. The number of nitrogens with one attached hydrogen (secondary N) is 1. The fourth-order valence-corrected chi connectivity index (χ4v) is 3.11. The maximum atomic E-state index is 4.51. The van der Waals surface area contributed by atoms with Crippen molar-refractivity contribution in [1.82, 2.24) is 15.0 Å². The zero-order valence-corrected chi connectivity index (χ0v) is 12.7. The van der Waals surface area contributed by atoms with Gasteiger partial charge in [-0.1, -0.05) is 18.2 Å². The summed E-state index contributed by atoms with van der Waals surface area (Å²) in [5.41, 5.74) is 4.46. The third-order valence-electron chi connectivity index (χ3n) is 4.23. The number of aromatic amines is 1. The molecule has 1 aliphatic rings. The third-order valence-corrected chi connectivity index (χ3v) is 4.23. The van der Waals surface area contributed by atoms with Crippen LogP contribution in [-0.2, 0) is 0 Å². The summed E-state index contributed by atoms with van der Waals surface area (Å²) in [5.74, 6) is 1.02. The number of hydrogen-bond acceptors (Lipinski definition) is 4. The van der Waals surface area contributed by atoms with E-state index in [2.05, 4.69) is 68.1 Å². The molecule has 0 saturated carbocycles. The average Bonchev–Trinajstić information content (AvgIpc) is 2.96. The lowest BCUT2D eigenvalue weighted by molar-refractivity contribution is 0.648. The van der Waals surface area contributed by atoms with Gasteiger partial charge in [0.2, 0.25) is 0 Å². The summed E-state index contributed by atoms with van der Waals surface area (Å²) in [6.45, 7) is 6.02. The van der Waals surface area contributed by atoms with E-state index in [1.54, 1.807) is 6.33 Å².